The number of thioether (sulfide) groups is 1. The van der Waals surface area contributed by atoms with Crippen LogP contribution in [0.1, 0.15) is 28.8 Å². The molecule has 40 heavy (non-hydrogen) atoms. The van der Waals surface area contributed by atoms with E-state index in [4.69, 9.17) is 35.3 Å². The van der Waals surface area contributed by atoms with Crippen molar-refractivity contribution in [1.29, 1.82) is 5.26 Å². The Morgan fingerprint density at radius 1 is 1.07 bits per heavy atom. The number of ether oxygens (including phenoxy) is 2. The minimum absolute atomic E-state index is 0.117. The minimum atomic E-state index is -0.117. The summed E-state index contributed by atoms with van der Waals surface area (Å²) in [5, 5.41) is 20.8. The normalized spacial score (nSPS) is 22.6. The van der Waals surface area contributed by atoms with Gasteiger partial charge in [-0.2, -0.15) is 20.2 Å². The molecule has 1 aliphatic carbocycles. The fraction of sp³-hybridized carbons (Fsp3) is 0.692. The smallest absolute Gasteiger partial charge is 0.323 e. The zero-order valence-electron chi connectivity index (χ0n) is 22.9. The number of nitriles is 1. The van der Waals surface area contributed by atoms with Crippen LogP contribution in [0.5, 0.6) is 6.01 Å². The Morgan fingerprint density at radius 3 is 2.45 bits per heavy atom. The maximum Gasteiger partial charge on any atom is 0.323 e. The number of nitrogens with one attached hydrogen (secondary N) is 1. The Morgan fingerprint density at radius 2 is 1.77 bits per heavy atom. The van der Waals surface area contributed by atoms with Crippen LogP contribution in [0, 0.1) is 16.7 Å². The van der Waals surface area contributed by atoms with Crippen molar-refractivity contribution in [3.05, 3.63) is 16.0 Å². The molecule has 7 rings (SSSR count). The SMILES string of the molecule is CO.N#Cc1c(N)sc2c1C1(CN(c3nc(OCC4(CN5CCOCC5)CC4)nc(N4CCNCC4)n3)C1)SC2. The molecule has 3 saturated heterocycles. The number of nitrogens with zero attached hydrogens (tertiary/aromatic N) is 7. The molecular weight excluding hydrogens is 550 g/mol. The largest absolute Gasteiger partial charge is 0.463 e. The van der Waals surface area contributed by atoms with E-state index in [0.717, 1.165) is 90.5 Å². The number of thiophene rings is 1. The number of anilines is 3. The van der Waals surface area contributed by atoms with Crippen LogP contribution in [0.25, 0.3) is 0 Å². The van der Waals surface area contributed by atoms with E-state index < -0.39 is 0 Å². The summed E-state index contributed by atoms with van der Waals surface area (Å²) in [6.45, 7) is 10.3. The van der Waals surface area contributed by atoms with E-state index in [0.29, 0.717) is 35.1 Å². The predicted octanol–water partition coefficient (Wildman–Crippen LogP) is 0.859. The zero-order valence-corrected chi connectivity index (χ0v) is 24.5. The van der Waals surface area contributed by atoms with Gasteiger partial charge in [-0.05, 0) is 12.8 Å². The highest BCUT2D eigenvalue weighted by atomic mass is 32.2. The number of nitrogens with two attached hydrogens (primary N) is 1. The molecule has 1 saturated carbocycles. The summed E-state index contributed by atoms with van der Waals surface area (Å²) < 4.78 is 11.7. The molecule has 216 valence electrons. The van der Waals surface area contributed by atoms with Crippen molar-refractivity contribution in [3.63, 3.8) is 0 Å². The van der Waals surface area contributed by atoms with E-state index in [-0.39, 0.29) is 10.2 Å². The molecule has 0 atom stereocenters. The van der Waals surface area contributed by atoms with Crippen LogP contribution < -0.4 is 25.6 Å². The lowest BCUT2D eigenvalue weighted by molar-refractivity contribution is 0.0231. The van der Waals surface area contributed by atoms with Crippen LogP contribution in [-0.4, -0.2) is 111 Å². The molecule has 0 aromatic carbocycles. The average molecular weight is 588 g/mol. The van der Waals surface area contributed by atoms with Gasteiger partial charge in [0.2, 0.25) is 11.9 Å². The maximum absolute atomic E-state index is 9.74. The van der Waals surface area contributed by atoms with Crippen LogP contribution in [0.3, 0.4) is 0 Å². The zero-order chi connectivity index (χ0) is 27.7. The second-order valence-corrected chi connectivity index (χ2v) is 13.5. The number of hydrogen-bond acceptors (Lipinski definition) is 14. The Hall–Kier alpha value is -2.41. The number of aliphatic hydroxyl groups is 1. The van der Waals surface area contributed by atoms with Crippen molar-refractivity contribution in [1.82, 2.24) is 25.2 Å². The molecule has 1 spiro atoms. The Balaban J connectivity index is 0.00000142. The highest BCUT2D eigenvalue weighted by Gasteiger charge is 2.53. The van der Waals surface area contributed by atoms with Gasteiger partial charge in [-0.3, -0.25) is 4.90 Å². The number of nitrogen functional groups attached to an aromatic ring is 1. The molecule has 12 nitrogen and oxygen atoms in total. The van der Waals surface area contributed by atoms with Crippen molar-refractivity contribution >= 4 is 40.0 Å². The molecular formula is C26H37N9O3S2. The Bertz CT molecular complexity index is 1250. The van der Waals surface area contributed by atoms with E-state index >= 15 is 0 Å². The van der Waals surface area contributed by atoms with Crippen molar-refractivity contribution < 1.29 is 14.6 Å². The predicted molar refractivity (Wildman–Crippen MR) is 156 cm³/mol. The summed E-state index contributed by atoms with van der Waals surface area (Å²) >= 11 is 3.46. The summed E-state index contributed by atoms with van der Waals surface area (Å²) in [4.78, 5) is 22.6. The summed E-state index contributed by atoms with van der Waals surface area (Å²) in [6.07, 6.45) is 2.35. The van der Waals surface area contributed by atoms with Gasteiger partial charge in [0.25, 0.3) is 0 Å². The molecule has 6 heterocycles. The van der Waals surface area contributed by atoms with Crippen LogP contribution in [-0.2, 0) is 15.2 Å². The monoisotopic (exact) mass is 587 g/mol. The first kappa shape index (κ1) is 27.7. The first-order chi connectivity index (χ1) is 19.6. The second kappa shape index (κ2) is 11.5. The molecule has 0 unspecified atom stereocenters. The maximum atomic E-state index is 9.74. The summed E-state index contributed by atoms with van der Waals surface area (Å²) in [6, 6.07) is 2.76. The van der Waals surface area contributed by atoms with Crippen LogP contribution >= 0.6 is 23.1 Å². The van der Waals surface area contributed by atoms with Gasteiger partial charge >= 0.3 is 6.01 Å². The third-order valence-corrected chi connectivity index (χ3v) is 11.0. The number of aromatic nitrogens is 3. The molecule has 0 radical (unpaired) electrons. The number of morpholine rings is 1. The molecule has 0 amide bonds. The van der Waals surface area contributed by atoms with Crippen molar-refractivity contribution in [2.45, 2.75) is 23.3 Å². The molecule has 4 aliphatic heterocycles. The van der Waals surface area contributed by atoms with Gasteiger partial charge in [-0.15, -0.1) is 23.1 Å². The third kappa shape index (κ3) is 5.31. The highest BCUT2D eigenvalue weighted by molar-refractivity contribution is 8.00. The van der Waals surface area contributed by atoms with Gasteiger partial charge in [0.05, 0.1) is 30.1 Å². The highest BCUT2D eigenvalue weighted by Crippen LogP contribution is 2.57. The Labute approximate surface area is 242 Å². The number of hydrogen-bond donors (Lipinski definition) is 3. The molecule has 4 fully saturated rings. The Kier molecular flexibility index (Phi) is 7.95. The van der Waals surface area contributed by atoms with Crippen LogP contribution in [0.4, 0.5) is 16.9 Å². The van der Waals surface area contributed by atoms with E-state index in [9.17, 15) is 5.26 Å². The van der Waals surface area contributed by atoms with E-state index in [2.05, 4.69) is 26.1 Å². The van der Waals surface area contributed by atoms with Gasteiger partial charge in [0.1, 0.15) is 11.1 Å². The minimum Gasteiger partial charge on any atom is -0.463 e. The lowest BCUT2D eigenvalue weighted by Crippen LogP contribution is -2.57. The first-order valence-electron chi connectivity index (χ1n) is 13.9. The molecule has 5 aliphatic rings. The average Bonchev–Trinajstić information content (AvgIpc) is 3.53. The summed E-state index contributed by atoms with van der Waals surface area (Å²) in [7, 11) is 1.00. The van der Waals surface area contributed by atoms with Crippen molar-refractivity contribution in [2.75, 3.05) is 101 Å². The van der Waals surface area contributed by atoms with Crippen molar-refractivity contribution in [3.8, 4) is 12.1 Å². The summed E-state index contributed by atoms with van der Waals surface area (Å²) in [5.74, 6) is 2.24. The molecule has 2 aromatic rings. The number of rotatable bonds is 7. The van der Waals surface area contributed by atoms with Gasteiger partial charge in [0, 0.05) is 87.6 Å². The number of fused-ring (bicyclic) bond motifs is 2. The fourth-order valence-electron chi connectivity index (χ4n) is 5.95. The lowest BCUT2D eigenvalue weighted by Gasteiger charge is -2.47. The van der Waals surface area contributed by atoms with E-state index in [1.807, 2.05) is 11.8 Å². The van der Waals surface area contributed by atoms with Gasteiger partial charge in [-0.1, -0.05) is 0 Å². The molecule has 4 N–H and O–H groups in total. The summed E-state index contributed by atoms with van der Waals surface area (Å²) in [5.41, 5.74) is 8.14. The van der Waals surface area contributed by atoms with Crippen molar-refractivity contribution in [2.24, 2.45) is 5.41 Å². The molecule has 0 bridgehead atoms. The third-order valence-electron chi connectivity index (χ3n) is 8.35. The quantitative estimate of drug-likeness (QED) is 0.421. The van der Waals surface area contributed by atoms with E-state index in [1.54, 1.807) is 11.3 Å². The number of aliphatic hydroxyl groups excluding tert-OH is 1. The number of piperazine rings is 1. The second-order valence-electron chi connectivity index (χ2n) is 11.0. The topological polar surface area (TPSA) is 149 Å². The van der Waals surface area contributed by atoms with Gasteiger partial charge in [-0.25, -0.2) is 0 Å². The van der Waals surface area contributed by atoms with Gasteiger partial charge in [0.15, 0.2) is 0 Å². The fourth-order valence-corrected chi connectivity index (χ4v) is 8.76. The van der Waals surface area contributed by atoms with Crippen LogP contribution in [0.2, 0.25) is 0 Å². The van der Waals surface area contributed by atoms with Crippen LogP contribution in [0.15, 0.2) is 0 Å². The first-order valence-corrected chi connectivity index (χ1v) is 15.7. The lowest BCUT2D eigenvalue weighted by atomic mass is 9.88. The molecule has 14 heteroatoms. The van der Waals surface area contributed by atoms with Gasteiger partial charge < -0.3 is 35.4 Å². The standard InChI is InChI=1S/C25H33N9O2S2.CH4O/c26-11-17-19-18(38-20(17)27)12-37-25(19)14-34(15-25)22-29-21(33-5-3-28-4-6-33)30-23(31-22)36-16-24(1-2-24)13-32-7-9-35-10-8-32;1-2/h28H,1-10,12-16,27H2;2H,1H3. The molecule has 2 aromatic heterocycles. The van der Waals surface area contributed by atoms with E-state index in [1.165, 1.54) is 17.7 Å².